The van der Waals surface area contributed by atoms with Crippen molar-refractivity contribution in [3.05, 3.63) is 35.7 Å². The van der Waals surface area contributed by atoms with E-state index >= 15 is 0 Å². The summed E-state index contributed by atoms with van der Waals surface area (Å²) in [5.41, 5.74) is 0.553. The van der Waals surface area contributed by atoms with Gasteiger partial charge < -0.3 is 10.1 Å². The van der Waals surface area contributed by atoms with Crippen LogP contribution in [0.15, 0.2) is 27.7 Å². The lowest BCUT2D eigenvalue weighted by atomic mass is 10.2. The van der Waals surface area contributed by atoms with E-state index in [1.165, 1.54) is 18.5 Å². The average molecular weight is 317 g/mol. The maximum Gasteiger partial charge on any atom is 0.174 e. The molecule has 0 saturated heterocycles. The summed E-state index contributed by atoms with van der Waals surface area (Å²) in [7, 11) is 1.60. The Morgan fingerprint density at radius 1 is 1.35 bits per heavy atom. The molecule has 0 atom stereocenters. The molecule has 0 amide bonds. The molecule has 8 heteroatoms. The van der Waals surface area contributed by atoms with Gasteiger partial charge in [0.05, 0.1) is 11.5 Å². The van der Waals surface area contributed by atoms with E-state index in [0.717, 1.165) is 23.3 Å². The molecule has 0 bridgehead atoms. The van der Waals surface area contributed by atoms with Gasteiger partial charge in [0, 0.05) is 20.2 Å². The van der Waals surface area contributed by atoms with Crippen LogP contribution >= 0.6 is 23.3 Å². The number of methoxy groups -OCH3 is 1. The van der Waals surface area contributed by atoms with E-state index in [0.29, 0.717) is 29.6 Å². The lowest BCUT2D eigenvalue weighted by Crippen LogP contribution is -2.18. The summed E-state index contributed by atoms with van der Waals surface area (Å²) in [4.78, 5) is 3.84. The van der Waals surface area contributed by atoms with Crippen LogP contribution in [0.1, 0.15) is 5.56 Å². The van der Waals surface area contributed by atoms with Gasteiger partial charge in [-0.2, -0.15) is 4.37 Å². The van der Waals surface area contributed by atoms with E-state index < -0.39 is 11.6 Å². The highest BCUT2D eigenvalue weighted by atomic mass is 32.2. The lowest BCUT2D eigenvalue weighted by molar-refractivity contribution is 0.199. The van der Waals surface area contributed by atoms with Gasteiger partial charge in [-0.15, -0.1) is 0 Å². The minimum atomic E-state index is -0.589. The number of benzene rings is 1. The maximum absolute atomic E-state index is 13.9. The van der Waals surface area contributed by atoms with Crippen LogP contribution < -0.4 is 5.32 Å². The highest BCUT2D eigenvalue weighted by Crippen LogP contribution is 2.33. The molecule has 0 aliphatic rings. The number of nitrogens with one attached hydrogen (secondary N) is 1. The number of nitrogens with zero attached hydrogens (tertiary/aromatic N) is 2. The fourth-order valence-corrected chi connectivity index (χ4v) is 2.91. The van der Waals surface area contributed by atoms with E-state index in [1.807, 2.05) is 0 Å². The molecule has 0 spiro atoms. The molecule has 108 valence electrons. The van der Waals surface area contributed by atoms with E-state index in [9.17, 15) is 8.78 Å². The SMILES string of the molecule is COCCNCc1cc(F)c(Sc2ncns2)c(F)c1. The van der Waals surface area contributed by atoms with Crippen LogP contribution in [0.2, 0.25) is 0 Å². The Labute approximate surface area is 123 Å². The second-order valence-corrected chi connectivity index (χ2v) is 5.90. The van der Waals surface area contributed by atoms with Crippen molar-refractivity contribution >= 4 is 23.3 Å². The predicted molar refractivity (Wildman–Crippen MR) is 74.0 cm³/mol. The summed E-state index contributed by atoms with van der Waals surface area (Å²) in [5.74, 6) is -1.18. The van der Waals surface area contributed by atoms with Crippen LogP contribution in [0, 0.1) is 11.6 Å². The Kier molecular flexibility index (Phi) is 5.84. The summed E-state index contributed by atoms with van der Waals surface area (Å²) in [6.07, 6.45) is 1.36. The first kappa shape index (κ1) is 15.3. The van der Waals surface area contributed by atoms with Crippen LogP contribution in [-0.2, 0) is 11.3 Å². The zero-order valence-corrected chi connectivity index (χ0v) is 12.4. The molecule has 0 aliphatic carbocycles. The Balaban J connectivity index is 2.04. The third-order valence-corrected chi connectivity index (χ3v) is 4.21. The van der Waals surface area contributed by atoms with Crippen LogP contribution in [-0.4, -0.2) is 29.6 Å². The van der Waals surface area contributed by atoms with Crippen molar-refractivity contribution in [2.75, 3.05) is 20.3 Å². The van der Waals surface area contributed by atoms with Crippen molar-refractivity contribution < 1.29 is 13.5 Å². The minimum Gasteiger partial charge on any atom is -0.383 e. The predicted octanol–water partition coefficient (Wildman–Crippen LogP) is 2.70. The molecule has 4 nitrogen and oxygen atoms in total. The molecule has 2 rings (SSSR count). The molecule has 0 fully saturated rings. The highest BCUT2D eigenvalue weighted by molar-refractivity contribution is 8.01. The Bertz CT molecular complexity index is 529. The van der Waals surface area contributed by atoms with Crippen LogP contribution in [0.4, 0.5) is 8.78 Å². The van der Waals surface area contributed by atoms with Crippen LogP contribution in [0.25, 0.3) is 0 Å². The van der Waals surface area contributed by atoms with Gasteiger partial charge in [0.25, 0.3) is 0 Å². The normalized spacial score (nSPS) is 10.9. The fourth-order valence-electron chi connectivity index (χ4n) is 1.51. The number of hydrogen-bond donors (Lipinski definition) is 1. The number of halogens is 2. The van der Waals surface area contributed by atoms with Gasteiger partial charge in [0.2, 0.25) is 0 Å². The second-order valence-electron chi connectivity index (χ2n) is 3.87. The Morgan fingerprint density at radius 2 is 2.10 bits per heavy atom. The van der Waals surface area contributed by atoms with Gasteiger partial charge in [-0.1, -0.05) is 11.8 Å². The summed E-state index contributed by atoms with van der Waals surface area (Å²) in [6.45, 7) is 1.57. The second kappa shape index (κ2) is 7.63. The number of aromatic nitrogens is 2. The van der Waals surface area contributed by atoms with Gasteiger partial charge in [-0.25, -0.2) is 13.8 Å². The molecule has 1 N–H and O–H groups in total. The van der Waals surface area contributed by atoms with Gasteiger partial charge in [0.1, 0.15) is 18.0 Å². The first-order chi connectivity index (χ1) is 9.70. The van der Waals surface area contributed by atoms with Crippen molar-refractivity contribution in [2.45, 2.75) is 15.8 Å². The number of ether oxygens (including phenoxy) is 1. The summed E-state index contributed by atoms with van der Waals surface area (Å²) < 4.78 is 37.0. The van der Waals surface area contributed by atoms with Gasteiger partial charge in [0.15, 0.2) is 4.34 Å². The monoisotopic (exact) mass is 317 g/mol. The van der Waals surface area contributed by atoms with Gasteiger partial charge in [-0.05, 0) is 29.2 Å². The minimum absolute atomic E-state index is 0.0533. The maximum atomic E-state index is 13.9. The molecule has 0 aliphatic heterocycles. The molecule has 2 aromatic rings. The van der Waals surface area contributed by atoms with Crippen molar-refractivity contribution in [3.8, 4) is 0 Å². The quantitative estimate of drug-likeness (QED) is 0.796. The molecular weight excluding hydrogens is 304 g/mol. The zero-order valence-electron chi connectivity index (χ0n) is 10.7. The lowest BCUT2D eigenvalue weighted by Gasteiger charge is -2.08. The molecule has 0 radical (unpaired) electrons. The largest absolute Gasteiger partial charge is 0.383 e. The summed E-state index contributed by atoms with van der Waals surface area (Å²) in [5, 5.41) is 3.04. The van der Waals surface area contributed by atoms with Crippen LogP contribution in [0.5, 0.6) is 0 Å². The zero-order chi connectivity index (χ0) is 14.4. The highest BCUT2D eigenvalue weighted by Gasteiger charge is 2.14. The van der Waals surface area contributed by atoms with Crippen molar-refractivity contribution in [1.29, 1.82) is 0 Å². The third kappa shape index (κ3) is 4.20. The fraction of sp³-hybridized carbons (Fsp3) is 0.333. The molecule has 1 heterocycles. The first-order valence-electron chi connectivity index (χ1n) is 5.83. The molecule has 1 aromatic carbocycles. The van der Waals surface area contributed by atoms with E-state index in [2.05, 4.69) is 14.7 Å². The van der Waals surface area contributed by atoms with Crippen molar-refractivity contribution in [2.24, 2.45) is 0 Å². The molecule has 0 unspecified atom stereocenters. The Hall–Kier alpha value is -1.09. The smallest absolute Gasteiger partial charge is 0.174 e. The topological polar surface area (TPSA) is 47.0 Å². The van der Waals surface area contributed by atoms with E-state index in [-0.39, 0.29) is 4.90 Å². The van der Waals surface area contributed by atoms with Crippen molar-refractivity contribution in [1.82, 2.24) is 14.7 Å². The van der Waals surface area contributed by atoms with Gasteiger partial charge in [-0.3, -0.25) is 0 Å². The van der Waals surface area contributed by atoms with Crippen LogP contribution in [0.3, 0.4) is 0 Å². The first-order valence-corrected chi connectivity index (χ1v) is 7.42. The van der Waals surface area contributed by atoms with E-state index in [1.54, 1.807) is 7.11 Å². The summed E-state index contributed by atoms with van der Waals surface area (Å²) in [6, 6.07) is 2.65. The number of rotatable bonds is 7. The molecule has 20 heavy (non-hydrogen) atoms. The molecular formula is C12H13F2N3OS2. The molecule has 1 aromatic heterocycles. The van der Waals surface area contributed by atoms with Crippen molar-refractivity contribution in [3.63, 3.8) is 0 Å². The average Bonchev–Trinajstić information content (AvgIpc) is 2.92. The third-order valence-electron chi connectivity index (χ3n) is 2.40. The van der Waals surface area contributed by atoms with Gasteiger partial charge >= 0.3 is 0 Å². The Morgan fingerprint density at radius 3 is 2.70 bits per heavy atom. The summed E-state index contributed by atoms with van der Waals surface area (Å²) >= 11 is 2.04. The standard InChI is InChI=1S/C12H13F2N3OS2/c1-18-3-2-15-6-8-4-9(13)11(10(14)5-8)19-12-16-7-17-20-12/h4-5,7,15H,2-3,6H2,1H3. The van der Waals surface area contributed by atoms with E-state index in [4.69, 9.17) is 4.74 Å². The number of hydrogen-bond acceptors (Lipinski definition) is 6. The molecule has 0 saturated carbocycles.